The van der Waals surface area contributed by atoms with Crippen LogP contribution in [0.4, 0.5) is 5.69 Å². The molecule has 1 atom stereocenters. The highest BCUT2D eigenvalue weighted by Gasteiger charge is 2.34. The van der Waals surface area contributed by atoms with Crippen LogP contribution in [0.25, 0.3) is 0 Å². The SMILES string of the molecule is CCOc1cc2c(cc1C(=O)NC)C(=N)N(CC(=O)c1ccc3c(c1)N(C)CC(C(=O)OC(C)(C)C)O3)C2. The first kappa shape index (κ1) is 27.0. The van der Waals surface area contributed by atoms with Crippen molar-refractivity contribution >= 4 is 29.2 Å². The van der Waals surface area contributed by atoms with Crippen LogP contribution >= 0.6 is 0 Å². The number of hydrogen-bond donors (Lipinski definition) is 2. The molecule has 0 aromatic heterocycles. The van der Waals surface area contributed by atoms with Gasteiger partial charge in [0.15, 0.2) is 5.78 Å². The Balaban J connectivity index is 1.49. The fourth-order valence-corrected chi connectivity index (χ4v) is 4.53. The number of rotatable bonds is 7. The smallest absolute Gasteiger partial charge is 0.349 e. The van der Waals surface area contributed by atoms with Gasteiger partial charge in [0, 0.05) is 31.8 Å². The number of ketones is 1. The van der Waals surface area contributed by atoms with Gasteiger partial charge in [-0.25, -0.2) is 4.79 Å². The summed E-state index contributed by atoms with van der Waals surface area (Å²) in [5.74, 6) is 0.235. The molecule has 0 spiro atoms. The first-order chi connectivity index (χ1) is 17.9. The van der Waals surface area contributed by atoms with Gasteiger partial charge in [-0.3, -0.25) is 15.0 Å². The van der Waals surface area contributed by atoms with Gasteiger partial charge in [0.25, 0.3) is 5.91 Å². The minimum Gasteiger partial charge on any atom is -0.493 e. The lowest BCUT2D eigenvalue weighted by Crippen LogP contribution is -2.45. The fourth-order valence-electron chi connectivity index (χ4n) is 4.53. The third-order valence-corrected chi connectivity index (χ3v) is 6.31. The molecular formula is C28H34N4O6. The second-order valence-electron chi connectivity index (χ2n) is 10.3. The van der Waals surface area contributed by atoms with Crippen molar-refractivity contribution in [3.8, 4) is 11.5 Å². The summed E-state index contributed by atoms with van der Waals surface area (Å²) < 4.78 is 17.0. The highest BCUT2D eigenvalue weighted by atomic mass is 16.6. The van der Waals surface area contributed by atoms with Gasteiger partial charge >= 0.3 is 5.97 Å². The van der Waals surface area contributed by atoms with Gasteiger partial charge in [0.05, 0.1) is 30.9 Å². The van der Waals surface area contributed by atoms with Crippen LogP contribution in [0, 0.1) is 5.41 Å². The molecule has 0 aliphatic carbocycles. The van der Waals surface area contributed by atoms with Gasteiger partial charge < -0.3 is 29.3 Å². The van der Waals surface area contributed by atoms with Crippen molar-refractivity contribution in [3.63, 3.8) is 0 Å². The normalized spacial score (nSPS) is 16.4. The Bertz CT molecular complexity index is 1300. The van der Waals surface area contributed by atoms with Gasteiger partial charge in [-0.2, -0.15) is 0 Å². The third kappa shape index (κ3) is 5.44. The number of ether oxygens (including phenoxy) is 3. The Morgan fingerprint density at radius 3 is 2.58 bits per heavy atom. The van der Waals surface area contributed by atoms with Crippen molar-refractivity contribution in [1.29, 1.82) is 5.41 Å². The fraction of sp³-hybridized carbons (Fsp3) is 0.429. The summed E-state index contributed by atoms with van der Waals surface area (Å²) in [5.41, 5.74) is 2.34. The third-order valence-electron chi connectivity index (χ3n) is 6.31. The molecule has 202 valence electrons. The Morgan fingerprint density at radius 2 is 1.92 bits per heavy atom. The largest absolute Gasteiger partial charge is 0.493 e. The predicted molar refractivity (Wildman–Crippen MR) is 143 cm³/mol. The molecule has 10 nitrogen and oxygen atoms in total. The van der Waals surface area contributed by atoms with Gasteiger partial charge in [0.1, 0.15) is 22.9 Å². The molecule has 4 rings (SSSR count). The van der Waals surface area contributed by atoms with E-state index in [1.165, 1.54) is 0 Å². The zero-order valence-corrected chi connectivity index (χ0v) is 22.6. The first-order valence-electron chi connectivity index (χ1n) is 12.6. The molecule has 2 heterocycles. The van der Waals surface area contributed by atoms with E-state index in [9.17, 15) is 14.4 Å². The quantitative estimate of drug-likeness (QED) is 0.421. The number of nitrogens with zero attached hydrogens (tertiary/aromatic N) is 2. The Labute approximate surface area is 222 Å². The van der Waals surface area contributed by atoms with Crippen molar-refractivity contribution in [2.45, 2.75) is 45.9 Å². The summed E-state index contributed by atoms with van der Waals surface area (Å²) in [4.78, 5) is 41.7. The molecule has 0 saturated heterocycles. The summed E-state index contributed by atoms with van der Waals surface area (Å²) >= 11 is 0. The van der Waals surface area contributed by atoms with E-state index >= 15 is 0 Å². The average Bonchev–Trinajstić information content (AvgIpc) is 3.15. The summed E-state index contributed by atoms with van der Waals surface area (Å²) in [7, 11) is 3.38. The molecule has 10 heteroatoms. The van der Waals surface area contributed by atoms with E-state index < -0.39 is 17.7 Å². The van der Waals surface area contributed by atoms with Crippen molar-refractivity contribution in [1.82, 2.24) is 10.2 Å². The van der Waals surface area contributed by atoms with Crippen LogP contribution in [-0.4, -0.2) is 73.9 Å². The van der Waals surface area contributed by atoms with Crippen molar-refractivity contribution in [2.75, 3.05) is 38.7 Å². The van der Waals surface area contributed by atoms with Gasteiger partial charge in [0.2, 0.25) is 6.10 Å². The Hall–Kier alpha value is -4.08. The van der Waals surface area contributed by atoms with E-state index in [4.69, 9.17) is 19.6 Å². The Kier molecular flexibility index (Phi) is 7.35. The topological polar surface area (TPSA) is 121 Å². The van der Waals surface area contributed by atoms with E-state index in [-0.39, 0.29) is 24.1 Å². The number of esters is 1. The highest BCUT2D eigenvalue weighted by molar-refractivity contribution is 6.07. The number of fused-ring (bicyclic) bond motifs is 2. The highest BCUT2D eigenvalue weighted by Crippen LogP contribution is 2.35. The lowest BCUT2D eigenvalue weighted by atomic mass is 10.0. The number of hydrogen-bond acceptors (Lipinski definition) is 8. The van der Waals surface area contributed by atoms with E-state index in [1.54, 1.807) is 63.1 Å². The molecule has 1 amide bonds. The van der Waals surface area contributed by atoms with Gasteiger partial charge in [-0.15, -0.1) is 0 Å². The van der Waals surface area contributed by atoms with Crippen LogP contribution < -0.4 is 19.7 Å². The monoisotopic (exact) mass is 522 g/mol. The number of carbonyl (C=O) groups is 3. The molecule has 1 unspecified atom stereocenters. The van der Waals surface area contributed by atoms with Crippen molar-refractivity contribution in [3.05, 3.63) is 52.6 Å². The number of amidine groups is 1. The number of benzene rings is 2. The number of carbonyl (C=O) groups excluding carboxylic acids is 3. The van der Waals surface area contributed by atoms with Crippen LogP contribution in [0.1, 0.15) is 59.5 Å². The lowest BCUT2D eigenvalue weighted by molar-refractivity contribution is -0.163. The van der Waals surface area contributed by atoms with E-state index in [1.807, 2.05) is 18.9 Å². The van der Waals surface area contributed by atoms with Crippen LogP contribution in [0.2, 0.25) is 0 Å². The number of amides is 1. The van der Waals surface area contributed by atoms with Crippen LogP contribution in [-0.2, 0) is 16.1 Å². The standard InChI is InChI=1S/C28H34N4O6/c1-7-36-23-11-17-13-32(25(29)18(17)12-19(23)26(34)30-5)14-21(33)16-8-9-22-20(10-16)31(6)15-24(37-22)27(35)38-28(2,3)4/h8-12,24,29H,7,13-15H2,1-6H3,(H,30,34). The van der Waals surface area contributed by atoms with Gasteiger partial charge in [-0.05, 0) is 63.6 Å². The predicted octanol–water partition coefficient (Wildman–Crippen LogP) is 3.01. The van der Waals surface area contributed by atoms with Crippen LogP contribution in [0.5, 0.6) is 11.5 Å². The molecule has 2 aliphatic heterocycles. The lowest BCUT2D eigenvalue weighted by Gasteiger charge is -2.34. The second kappa shape index (κ2) is 10.4. The van der Waals surface area contributed by atoms with Crippen molar-refractivity contribution in [2.24, 2.45) is 0 Å². The molecular weight excluding hydrogens is 488 g/mol. The number of anilines is 1. The van der Waals surface area contributed by atoms with E-state index in [0.29, 0.717) is 53.6 Å². The molecule has 2 N–H and O–H groups in total. The average molecular weight is 523 g/mol. The summed E-state index contributed by atoms with van der Waals surface area (Å²) in [6.07, 6.45) is -0.766. The maximum absolute atomic E-state index is 13.2. The molecule has 0 saturated carbocycles. The summed E-state index contributed by atoms with van der Waals surface area (Å²) in [6.45, 7) is 8.31. The zero-order chi connectivity index (χ0) is 27.8. The molecule has 0 bridgehead atoms. The summed E-state index contributed by atoms with van der Waals surface area (Å²) in [6, 6.07) is 8.51. The summed E-state index contributed by atoms with van der Waals surface area (Å²) in [5, 5.41) is 11.2. The van der Waals surface area contributed by atoms with Crippen molar-refractivity contribution < 1.29 is 28.6 Å². The van der Waals surface area contributed by atoms with E-state index in [0.717, 1.165) is 5.56 Å². The zero-order valence-electron chi connectivity index (χ0n) is 22.6. The molecule has 2 aromatic rings. The second-order valence-corrected chi connectivity index (χ2v) is 10.3. The number of Topliss-reactive ketones (excluding diaryl/α,β-unsaturated/α-hetero) is 1. The molecule has 2 aromatic carbocycles. The van der Waals surface area contributed by atoms with Crippen LogP contribution in [0.3, 0.4) is 0 Å². The minimum atomic E-state index is -0.766. The molecule has 2 aliphatic rings. The Morgan fingerprint density at radius 1 is 1.18 bits per heavy atom. The van der Waals surface area contributed by atoms with E-state index in [2.05, 4.69) is 5.32 Å². The number of nitrogens with one attached hydrogen (secondary N) is 2. The molecule has 0 fully saturated rings. The van der Waals surface area contributed by atoms with Crippen LogP contribution in [0.15, 0.2) is 30.3 Å². The number of likely N-dealkylation sites (N-methyl/N-ethyl adjacent to an activating group) is 1. The van der Waals surface area contributed by atoms with Gasteiger partial charge in [-0.1, -0.05) is 0 Å². The maximum Gasteiger partial charge on any atom is 0.349 e. The maximum atomic E-state index is 13.2. The first-order valence-corrected chi connectivity index (χ1v) is 12.6. The molecule has 38 heavy (non-hydrogen) atoms. The molecule has 0 radical (unpaired) electrons. The minimum absolute atomic E-state index is 0.00329.